The highest BCUT2D eigenvalue weighted by atomic mass is 16.1. The molecule has 0 heterocycles. The van der Waals surface area contributed by atoms with E-state index in [1.165, 1.54) is 25.7 Å². The van der Waals surface area contributed by atoms with Gasteiger partial charge in [-0.2, -0.15) is 0 Å². The topological polar surface area (TPSA) is 55.1 Å². The predicted octanol–water partition coefficient (Wildman–Crippen LogP) is 3.47. The zero-order chi connectivity index (χ0) is 15.2. The van der Waals surface area contributed by atoms with E-state index in [4.69, 9.17) is 5.73 Å². The number of amides is 1. The van der Waals surface area contributed by atoms with Crippen LogP contribution in [-0.4, -0.2) is 18.5 Å². The highest BCUT2D eigenvalue weighted by Gasteiger charge is 2.34. The van der Waals surface area contributed by atoms with Crippen LogP contribution in [0.25, 0.3) is 0 Å². The van der Waals surface area contributed by atoms with Gasteiger partial charge in [0.15, 0.2) is 0 Å². The van der Waals surface area contributed by atoms with E-state index in [2.05, 4.69) is 33.0 Å². The molecule has 118 valence electrons. The van der Waals surface area contributed by atoms with Gasteiger partial charge in [-0.15, -0.1) is 0 Å². The molecule has 0 aromatic rings. The molecule has 3 heteroatoms. The quantitative estimate of drug-likeness (QED) is 0.702. The number of carbonyl (C=O) groups is 1. The van der Waals surface area contributed by atoms with Crippen molar-refractivity contribution in [3.8, 4) is 0 Å². The van der Waals surface area contributed by atoms with Crippen LogP contribution in [0.2, 0.25) is 0 Å². The first-order valence-corrected chi connectivity index (χ1v) is 8.40. The predicted molar refractivity (Wildman–Crippen MR) is 85.4 cm³/mol. The van der Waals surface area contributed by atoms with Crippen LogP contribution in [-0.2, 0) is 4.79 Å². The summed E-state index contributed by atoms with van der Waals surface area (Å²) in [4.78, 5) is 12.4. The maximum atomic E-state index is 12.4. The summed E-state index contributed by atoms with van der Waals surface area (Å²) in [6.07, 6.45) is 8.23. The molecule has 0 aromatic carbocycles. The molecule has 3 nitrogen and oxygen atoms in total. The molecule has 3 N–H and O–H groups in total. The number of carbonyl (C=O) groups excluding carboxylic acids is 1. The highest BCUT2D eigenvalue weighted by Crippen LogP contribution is 2.29. The fourth-order valence-corrected chi connectivity index (χ4v) is 3.30. The Balaban J connectivity index is 2.41. The highest BCUT2D eigenvalue weighted by molar-refractivity contribution is 5.79. The lowest BCUT2D eigenvalue weighted by atomic mass is 9.76. The number of hydrogen-bond acceptors (Lipinski definition) is 2. The molecule has 0 aliphatic heterocycles. The van der Waals surface area contributed by atoms with E-state index in [1.807, 2.05) is 0 Å². The maximum Gasteiger partial charge on any atom is 0.224 e. The maximum absolute atomic E-state index is 12.4. The lowest BCUT2D eigenvalue weighted by Crippen LogP contribution is -2.49. The van der Waals surface area contributed by atoms with Crippen LogP contribution in [0.4, 0.5) is 0 Å². The molecule has 1 rings (SSSR count). The summed E-state index contributed by atoms with van der Waals surface area (Å²) < 4.78 is 0. The molecular weight excluding hydrogens is 248 g/mol. The molecule has 3 unspecified atom stereocenters. The van der Waals surface area contributed by atoms with Crippen molar-refractivity contribution in [3.63, 3.8) is 0 Å². The van der Waals surface area contributed by atoms with Gasteiger partial charge in [-0.1, -0.05) is 53.4 Å². The fraction of sp³-hybridized carbons (Fsp3) is 0.941. The molecule has 1 aliphatic carbocycles. The van der Waals surface area contributed by atoms with Gasteiger partial charge in [-0.25, -0.2) is 0 Å². The Morgan fingerprint density at radius 3 is 2.60 bits per heavy atom. The minimum absolute atomic E-state index is 0.00944. The van der Waals surface area contributed by atoms with Gasteiger partial charge in [0.25, 0.3) is 0 Å². The van der Waals surface area contributed by atoms with Gasteiger partial charge in [0.1, 0.15) is 0 Å². The van der Waals surface area contributed by atoms with Crippen LogP contribution < -0.4 is 11.1 Å². The number of nitrogens with two attached hydrogens (primary N) is 1. The zero-order valence-electron chi connectivity index (χ0n) is 13.9. The normalized spacial score (nSPS) is 27.4. The van der Waals surface area contributed by atoms with E-state index in [1.54, 1.807) is 0 Å². The lowest BCUT2D eigenvalue weighted by Gasteiger charge is -2.34. The van der Waals surface area contributed by atoms with Gasteiger partial charge >= 0.3 is 0 Å². The van der Waals surface area contributed by atoms with Gasteiger partial charge < -0.3 is 11.1 Å². The molecule has 1 fully saturated rings. The summed E-state index contributed by atoms with van der Waals surface area (Å²) in [5, 5.41) is 3.16. The second kappa shape index (κ2) is 8.02. The van der Waals surface area contributed by atoms with Gasteiger partial charge in [0, 0.05) is 12.6 Å². The molecule has 0 spiro atoms. The summed E-state index contributed by atoms with van der Waals surface area (Å²) in [6.45, 7) is 9.64. The number of hydrogen-bond donors (Lipinski definition) is 2. The van der Waals surface area contributed by atoms with Crippen LogP contribution >= 0.6 is 0 Å². The molecule has 20 heavy (non-hydrogen) atoms. The largest absolute Gasteiger partial charge is 0.355 e. The van der Waals surface area contributed by atoms with Crippen LogP contribution in [0, 0.1) is 17.3 Å². The minimum Gasteiger partial charge on any atom is -0.355 e. The van der Waals surface area contributed by atoms with Gasteiger partial charge in [-0.3, -0.25) is 4.79 Å². The van der Waals surface area contributed by atoms with E-state index in [0.29, 0.717) is 5.92 Å². The lowest BCUT2D eigenvalue weighted by molar-refractivity contribution is -0.128. The second-order valence-corrected chi connectivity index (χ2v) is 7.44. The molecule has 0 aromatic heterocycles. The molecule has 0 saturated heterocycles. The average molecular weight is 282 g/mol. The number of nitrogens with one attached hydrogen (secondary N) is 1. The Labute approximate surface area is 125 Å². The van der Waals surface area contributed by atoms with E-state index >= 15 is 0 Å². The van der Waals surface area contributed by atoms with E-state index in [-0.39, 0.29) is 23.3 Å². The summed E-state index contributed by atoms with van der Waals surface area (Å²) >= 11 is 0. The van der Waals surface area contributed by atoms with Crippen molar-refractivity contribution in [2.24, 2.45) is 23.0 Å². The Morgan fingerprint density at radius 2 is 2.00 bits per heavy atom. The Kier molecular flexibility index (Phi) is 7.01. The second-order valence-electron chi connectivity index (χ2n) is 7.44. The Hall–Kier alpha value is -0.570. The Morgan fingerprint density at radius 1 is 1.30 bits per heavy atom. The van der Waals surface area contributed by atoms with Gasteiger partial charge in [-0.05, 0) is 30.6 Å². The molecular formula is C17H34N2O. The van der Waals surface area contributed by atoms with E-state index < -0.39 is 0 Å². The first kappa shape index (κ1) is 17.5. The summed E-state index contributed by atoms with van der Waals surface area (Å²) in [6, 6.07) is 0.0435. The SMILES string of the molecule is CCCCCC(C)(C)CNC(=O)C1C(C)CCCC1N. The van der Waals surface area contributed by atoms with Gasteiger partial charge in [0.2, 0.25) is 5.91 Å². The third-order valence-corrected chi connectivity index (χ3v) is 4.77. The van der Waals surface area contributed by atoms with Crippen molar-refractivity contribution in [2.75, 3.05) is 6.54 Å². The number of rotatable bonds is 7. The smallest absolute Gasteiger partial charge is 0.224 e. The molecule has 0 bridgehead atoms. The van der Waals surface area contributed by atoms with E-state index in [9.17, 15) is 4.79 Å². The standard InChI is InChI=1S/C17H34N2O/c1-5-6-7-11-17(3,4)12-19-16(20)15-13(2)9-8-10-14(15)18/h13-15H,5-12,18H2,1-4H3,(H,19,20). The van der Waals surface area contributed by atoms with E-state index in [0.717, 1.165) is 25.8 Å². The third-order valence-electron chi connectivity index (χ3n) is 4.77. The van der Waals surface area contributed by atoms with Crippen molar-refractivity contribution >= 4 is 5.91 Å². The molecule has 1 saturated carbocycles. The van der Waals surface area contributed by atoms with Crippen LogP contribution in [0.5, 0.6) is 0 Å². The first-order valence-electron chi connectivity index (χ1n) is 8.40. The number of unbranched alkanes of at least 4 members (excludes halogenated alkanes) is 2. The van der Waals surface area contributed by atoms with Crippen molar-refractivity contribution in [1.29, 1.82) is 0 Å². The van der Waals surface area contributed by atoms with Crippen molar-refractivity contribution in [3.05, 3.63) is 0 Å². The molecule has 1 amide bonds. The Bertz CT molecular complexity index is 291. The van der Waals surface area contributed by atoms with Crippen LogP contribution in [0.3, 0.4) is 0 Å². The third kappa shape index (κ3) is 5.43. The van der Waals surface area contributed by atoms with Crippen molar-refractivity contribution in [2.45, 2.75) is 78.7 Å². The summed E-state index contributed by atoms with van der Waals surface area (Å²) in [5.74, 6) is 0.602. The van der Waals surface area contributed by atoms with Crippen molar-refractivity contribution < 1.29 is 4.79 Å². The minimum atomic E-state index is 0.00944. The van der Waals surface area contributed by atoms with Gasteiger partial charge in [0.05, 0.1) is 5.92 Å². The molecule has 0 radical (unpaired) electrons. The fourth-order valence-electron chi connectivity index (χ4n) is 3.30. The van der Waals surface area contributed by atoms with Crippen molar-refractivity contribution in [1.82, 2.24) is 5.32 Å². The monoisotopic (exact) mass is 282 g/mol. The van der Waals surface area contributed by atoms with Crippen LogP contribution in [0.15, 0.2) is 0 Å². The molecule has 3 atom stereocenters. The summed E-state index contributed by atoms with van der Waals surface area (Å²) in [5.41, 5.74) is 6.33. The average Bonchev–Trinajstić information content (AvgIpc) is 2.36. The van der Waals surface area contributed by atoms with Crippen LogP contribution in [0.1, 0.15) is 72.6 Å². The first-order chi connectivity index (χ1) is 9.37. The molecule has 1 aliphatic rings. The zero-order valence-corrected chi connectivity index (χ0v) is 13.9. The summed E-state index contributed by atoms with van der Waals surface area (Å²) in [7, 11) is 0.